The largest absolute Gasteiger partial charge is 0.391 e. The Hall–Kier alpha value is 0.790. The van der Waals surface area contributed by atoms with Crippen molar-refractivity contribution in [2.75, 3.05) is 25.6 Å². The summed E-state index contributed by atoms with van der Waals surface area (Å²) in [6, 6.07) is 0. The van der Waals surface area contributed by atoms with Gasteiger partial charge in [-0.3, -0.25) is 4.55 Å². The van der Waals surface area contributed by atoms with Crippen LogP contribution in [-0.4, -0.2) is 85.4 Å². The third kappa shape index (κ3) is 16.8. The van der Waals surface area contributed by atoms with Crippen LogP contribution in [0.25, 0.3) is 0 Å². The van der Waals surface area contributed by atoms with Crippen molar-refractivity contribution >= 4 is 39.7 Å². The Morgan fingerprint density at radius 2 is 1.78 bits per heavy atom. The predicted molar refractivity (Wildman–Crippen MR) is 69.3 cm³/mol. The SMILES string of the molecule is CC(O)COCC(C)OCCCCS(=O)(=O)O.[Na]. The molecule has 0 bridgehead atoms. The average Bonchev–Trinajstić information content (AvgIpc) is 2.14. The van der Waals surface area contributed by atoms with Crippen molar-refractivity contribution in [1.29, 1.82) is 0 Å². The van der Waals surface area contributed by atoms with Gasteiger partial charge in [-0.25, -0.2) is 0 Å². The molecule has 0 aliphatic heterocycles. The quantitative estimate of drug-likeness (QED) is 0.336. The van der Waals surface area contributed by atoms with Crippen LogP contribution in [-0.2, 0) is 19.6 Å². The molecule has 0 aromatic heterocycles. The van der Waals surface area contributed by atoms with Crippen LogP contribution in [0.15, 0.2) is 0 Å². The minimum Gasteiger partial charge on any atom is -0.391 e. The topological polar surface area (TPSA) is 93.1 Å². The summed E-state index contributed by atoms with van der Waals surface area (Å²) in [4.78, 5) is 0. The van der Waals surface area contributed by atoms with Crippen LogP contribution in [0.4, 0.5) is 0 Å². The van der Waals surface area contributed by atoms with Crippen molar-refractivity contribution in [3.05, 3.63) is 0 Å². The van der Waals surface area contributed by atoms with E-state index in [2.05, 4.69) is 0 Å². The number of ether oxygens (including phenoxy) is 2. The molecule has 0 heterocycles. The summed E-state index contributed by atoms with van der Waals surface area (Å²) in [7, 11) is -3.86. The van der Waals surface area contributed by atoms with Crippen molar-refractivity contribution < 1.29 is 27.6 Å². The minimum atomic E-state index is -3.86. The van der Waals surface area contributed by atoms with E-state index in [1.54, 1.807) is 6.92 Å². The van der Waals surface area contributed by atoms with Crippen molar-refractivity contribution in [1.82, 2.24) is 0 Å². The van der Waals surface area contributed by atoms with Gasteiger partial charge in [-0.1, -0.05) is 0 Å². The van der Waals surface area contributed by atoms with Crippen LogP contribution >= 0.6 is 0 Å². The molecule has 2 atom stereocenters. The average molecular weight is 293 g/mol. The number of hydrogen-bond acceptors (Lipinski definition) is 5. The van der Waals surface area contributed by atoms with Gasteiger partial charge in [0.2, 0.25) is 0 Å². The molecule has 2 unspecified atom stereocenters. The molecule has 6 nitrogen and oxygen atoms in total. The maximum absolute atomic E-state index is 10.4. The van der Waals surface area contributed by atoms with Gasteiger partial charge in [0.05, 0.1) is 31.2 Å². The van der Waals surface area contributed by atoms with Gasteiger partial charge in [0, 0.05) is 36.2 Å². The first-order chi connectivity index (χ1) is 7.81. The Labute approximate surface area is 131 Å². The molecule has 0 amide bonds. The monoisotopic (exact) mass is 293 g/mol. The zero-order valence-electron chi connectivity index (χ0n) is 11.3. The molecule has 105 valence electrons. The Balaban J connectivity index is 0. The summed E-state index contributed by atoms with van der Waals surface area (Å²) in [5.41, 5.74) is 0. The fourth-order valence-electron chi connectivity index (χ4n) is 1.12. The summed E-state index contributed by atoms with van der Waals surface area (Å²) < 4.78 is 39.8. The molecule has 0 saturated heterocycles. The summed E-state index contributed by atoms with van der Waals surface area (Å²) in [6.07, 6.45) is 0.358. The van der Waals surface area contributed by atoms with Crippen LogP contribution in [0.2, 0.25) is 0 Å². The molecular formula is C10H22NaO6S. The van der Waals surface area contributed by atoms with E-state index >= 15 is 0 Å². The van der Waals surface area contributed by atoms with Crippen LogP contribution in [0, 0.1) is 0 Å². The second-order valence-corrected chi connectivity index (χ2v) is 5.63. The first-order valence-electron chi connectivity index (χ1n) is 5.64. The van der Waals surface area contributed by atoms with Crippen LogP contribution in [0.5, 0.6) is 0 Å². The van der Waals surface area contributed by atoms with Crippen LogP contribution in [0.3, 0.4) is 0 Å². The van der Waals surface area contributed by atoms with E-state index in [1.165, 1.54) is 0 Å². The van der Waals surface area contributed by atoms with Gasteiger partial charge >= 0.3 is 0 Å². The maximum atomic E-state index is 10.4. The van der Waals surface area contributed by atoms with Gasteiger partial charge in [0.15, 0.2) is 0 Å². The zero-order chi connectivity index (χ0) is 13.3. The molecule has 0 rings (SSSR count). The summed E-state index contributed by atoms with van der Waals surface area (Å²) in [5, 5.41) is 8.94. The van der Waals surface area contributed by atoms with E-state index in [4.69, 9.17) is 19.1 Å². The molecular weight excluding hydrogens is 271 g/mol. The number of rotatable bonds is 10. The maximum Gasteiger partial charge on any atom is 0.264 e. The third-order valence-corrected chi connectivity index (χ3v) is 2.72. The van der Waals surface area contributed by atoms with Gasteiger partial charge in [-0.2, -0.15) is 8.42 Å². The number of aliphatic hydroxyl groups is 1. The second kappa shape index (κ2) is 11.6. The molecule has 1 radical (unpaired) electrons. The van der Waals surface area contributed by atoms with E-state index in [9.17, 15) is 8.42 Å². The number of aliphatic hydroxyl groups excluding tert-OH is 1. The van der Waals surface area contributed by atoms with Crippen molar-refractivity contribution in [2.45, 2.75) is 38.9 Å². The molecule has 2 N–H and O–H groups in total. The Morgan fingerprint density at radius 3 is 2.28 bits per heavy atom. The molecule has 0 saturated carbocycles. The van der Waals surface area contributed by atoms with Gasteiger partial charge in [-0.05, 0) is 26.7 Å². The molecule has 0 aromatic carbocycles. The van der Waals surface area contributed by atoms with Gasteiger partial charge in [0.1, 0.15) is 0 Å². The van der Waals surface area contributed by atoms with Crippen LogP contribution < -0.4 is 0 Å². The molecule has 0 spiro atoms. The number of unbranched alkanes of at least 4 members (excludes halogenated alkanes) is 1. The van der Waals surface area contributed by atoms with E-state index in [-0.39, 0.29) is 48.0 Å². The Kier molecular flexibility index (Phi) is 13.6. The summed E-state index contributed by atoms with van der Waals surface area (Å²) in [5.74, 6) is -0.233. The van der Waals surface area contributed by atoms with Gasteiger partial charge < -0.3 is 14.6 Å². The molecule has 0 aromatic rings. The van der Waals surface area contributed by atoms with Crippen LogP contribution in [0.1, 0.15) is 26.7 Å². The van der Waals surface area contributed by atoms with Gasteiger partial charge in [0.25, 0.3) is 10.1 Å². The molecule has 0 fully saturated rings. The van der Waals surface area contributed by atoms with Gasteiger partial charge in [-0.15, -0.1) is 0 Å². The first-order valence-corrected chi connectivity index (χ1v) is 7.24. The third-order valence-electron chi connectivity index (χ3n) is 1.91. The zero-order valence-corrected chi connectivity index (χ0v) is 14.1. The predicted octanol–water partition coefficient (Wildman–Crippen LogP) is 0.0761. The standard InChI is InChI=1S/C10H22O6S.Na/c1-9(11)7-15-8-10(2)16-5-3-4-6-17(12,13)14;/h9-11H,3-8H2,1-2H3,(H,12,13,14);. The van der Waals surface area contributed by atoms with Crippen molar-refractivity contribution in [2.24, 2.45) is 0 Å². The number of hydrogen-bond donors (Lipinski definition) is 2. The normalized spacial score (nSPS) is 14.9. The smallest absolute Gasteiger partial charge is 0.264 e. The Morgan fingerprint density at radius 1 is 1.17 bits per heavy atom. The van der Waals surface area contributed by atoms with E-state index in [0.29, 0.717) is 26.1 Å². The minimum absolute atomic E-state index is 0. The molecule has 0 aliphatic rings. The van der Waals surface area contributed by atoms with Crippen molar-refractivity contribution in [3.63, 3.8) is 0 Å². The molecule has 0 aliphatic carbocycles. The van der Waals surface area contributed by atoms with E-state index in [1.807, 2.05) is 6.92 Å². The fraction of sp³-hybridized carbons (Fsp3) is 1.00. The summed E-state index contributed by atoms with van der Waals surface area (Å²) in [6.45, 7) is 4.57. The van der Waals surface area contributed by atoms with E-state index < -0.39 is 16.2 Å². The first kappa shape index (κ1) is 21.1. The second-order valence-electron chi connectivity index (χ2n) is 4.06. The fourth-order valence-corrected chi connectivity index (χ4v) is 1.69. The van der Waals surface area contributed by atoms with E-state index in [0.717, 1.165) is 0 Å². The molecule has 8 heteroatoms. The summed E-state index contributed by atoms with van der Waals surface area (Å²) >= 11 is 0. The molecule has 18 heavy (non-hydrogen) atoms. The Bertz CT molecular complexity index is 280. The van der Waals surface area contributed by atoms with Crippen molar-refractivity contribution in [3.8, 4) is 0 Å².